The van der Waals surface area contributed by atoms with Gasteiger partial charge in [-0.2, -0.15) is 0 Å². The first-order valence-electron chi connectivity index (χ1n) is 3.46. The average molecular weight is 143 g/mol. The van der Waals surface area contributed by atoms with Crippen molar-refractivity contribution in [3.05, 3.63) is 0 Å². The summed E-state index contributed by atoms with van der Waals surface area (Å²) in [4.78, 5) is 12.3. The Morgan fingerprint density at radius 3 is 2.20 bits per heavy atom. The molecule has 0 aromatic rings. The molecule has 1 saturated carbocycles. The van der Waals surface area contributed by atoms with Crippen LogP contribution in [-0.4, -0.2) is 35.6 Å². The summed E-state index contributed by atoms with van der Waals surface area (Å²) in [5.74, 6) is -0.689. The van der Waals surface area contributed by atoms with Gasteiger partial charge < -0.3 is 10.0 Å². The number of aliphatic carboxylic acids is 1. The minimum atomic E-state index is -0.689. The summed E-state index contributed by atoms with van der Waals surface area (Å²) in [5, 5.41) is 8.51. The lowest BCUT2D eigenvalue weighted by molar-refractivity contribution is -0.138. The van der Waals surface area contributed by atoms with E-state index in [1.807, 2.05) is 19.0 Å². The van der Waals surface area contributed by atoms with Crippen molar-refractivity contribution in [3.8, 4) is 0 Å². The highest BCUT2D eigenvalue weighted by Gasteiger charge is 2.46. The lowest BCUT2D eigenvalue weighted by Crippen LogP contribution is -2.32. The maximum absolute atomic E-state index is 10.3. The highest BCUT2D eigenvalue weighted by Crippen LogP contribution is 2.42. The summed E-state index contributed by atoms with van der Waals surface area (Å²) in [7, 11) is 3.88. The summed E-state index contributed by atoms with van der Waals surface area (Å²) in [5.41, 5.74) is 0.00579. The standard InChI is InChI=1S/C7H13NO2/c1-8(2)7(3-4-7)5-6(9)10/h3-5H2,1-2H3,(H,9,10). The van der Waals surface area contributed by atoms with E-state index in [1.54, 1.807) is 0 Å². The van der Waals surface area contributed by atoms with E-state index in [0.717, 1.165) is 12.8 Å². The first-order chi connectivity index (χ1) is 4.57. The van der Waals surface area contributed by atoms with Crippen LogP contribution < -0.4 is 0 Å². The molecule has 0 bridgehead atoms. The normalized spacial score (nSPS) is 21.1. The van der Waals surface area contributed by atoms with Crippen LogP contribution in [0.4, 0.5) is 0 Å². The molecular formula is C7H13NO2. The fraction of sp³-hybridized carbons (Fsp3) is 0.857. The molecular weight excluding hydrogens is 130 g/mol. The molecule has 0 aliphatic heterocycles. The second kappa shape index (κ2) is 2.23. The van der Waals surface area contributed by atoms with Gasteiger partial charge in [0.05, 0.1) is 6.42 Å². The molecule has 58 valence electrons. The van der Waals surface area contributed by atoms with E-state index in [-0.39, 0.29) is 5.54 Å². The predicted octanol–water partition coefficient (Wildman–Crippen LogP) is 0.555. The van der Waals surface area contributed by atoms with E-state index >= 15 is 0 Å². The van der Waals surface area contributed by atoms with Gasteiger partial charge in [-0.1, -0.05) is 0 Å². The lowest BCUT2D eigenvalue weighted by atomic mass is 10.1. The molecule has 1 rings (SSSR count). The van der Waals surface area contributed by atoms with E-state index in [9.17, 15) is 4.79 Å². The minimum absolute atomic E-state index is 0.00579. The molecule has 0 spiro atoms. The molecule has 0 atom stereocenters. The Morgan fingerprint density at radius 2 is 2.10 bits per heavy atom. The highest BCUT2D eigenvalue weighted by atomic mass is 16.4. The van der Waals surface area contributed by atoms with Gasteiger partial charge in [-0.25, -0.2) is 0 Å². The van der Waals surface area contributed by atoms with Crippen molar-refractivity contribution in [2.45, 2.75) is 24.8 Å². The Hall–Kier alpha value is -0.570. The Balaban J connectivity index is 2.45. The molecule has 1 aliphatic rings. The number of carboxylic acids is 1. The van der Waals surface area contributed by atoms with Crippen LogP contribution in [0.5, 0.6) is 0 Å². The van der Waals surface area contributed by atoms with E-state index in [4.69, 9.17) is 5.11 Å². The maximum atomic E-state index is 10.3. The van der Waals surface area contributed by atoms with Crippen LogP contribution in [0.3, 0.4) is 0 Å². The third-order valence-electron chi connectivity index (χ3n) is 2.26. The molecule has 3 nitrogen and oxygen atoms in total. The molecule has 0 aromatic heterocycles. The van der Waals surface area contributed by atoms with Gasteiger partial charge in [-0.05, 0) is 26.9 Å². The van der Waals surface area contributed by atoms with Gasteiger partial charge in [0.2, 0.25) is 0 Å². The molecule has 3 heteroatoms. The number of nitrogens with zero attached hydrogens (tertiary/aromatic N) is 1. The van der Waals surface area contributed by atoms with Crippen LogP contribution in [0.25, 0.3) is 0 Å². The van der Waals surface area contributed by atoms with Gasteiger partial charge in [0.1, 0.15) is 0 Å². The third kappa shape index (κ3) is 1.29. The van der Waals surface area contributed by atoms with Crippen molar-refractivity contribution in [1.82, 2.24) is 4.90 Å². The Morgan fingerprint density at radius 1 is 1.60 bits per heavy atom. The molecule has 0 amide bonds. The number of carboxylic acid groups (broad SMARTS) is 1. The van der Waals surface area contributed by atoms with Crippen LogP contribution >= 0.6 is 0 Å². The first kappa shape index (κ1) is 7.54. The van der Waals surface area contributed by atoms with Gasteiger partial charge in [0, 0.05) is 5.54 Å². The Bertz CT molecular complexity index is 150. The molecule has 0 saturated heterocycles. The second-order valence-corrected chi connectivity index (χ2v) is 3.19. The number of rotatable bonds is 3. The Kier molecular flexibility index (Phi) is 1.68. The third-order valence-corrected chi connectivity index (χ3v) is 2.26. The van der Waals surface area contributed by atoms with Gasteiger partial charge in [0.15, 0.2) is 0 Å². The molecule has 1 N–H and O–H groups in total. The first-order valence-corrected chi connectivity index (χ1v) is 3.46. The van der Waals surface area contributed by atoms with Crippen LogP contribution in [-0.2, 0) is 4.79 Å². The predicted molar refractivity (Wildman–Crippen MR) is 37.9 cm³/mol. The molecule has 10 heavy (non-hydrogen) atoms. The van der Waals surface area contributed by atoms with E-state index in [2.05, 4.69) is 0 Å². The zero-order valence-electron chi connectivity index (χ0n) is 6.42. The number of hydrogen-bond acceptors (Lipinski definition) is 2. The van der Waals surface area contributed by atoms with Crippen molar-refractivity contribution < 1.29 is 9.90 Å². The van der Waals surface area contributed by atoms with Crippen molar-refractivity contribution in [2.75, 3.05) is 14.1 Å². The average Bonchev–Trinajstić information content (AvgIpc) is 2.46. The van der Waals surface area contributed by atoms with Crippen LogP contribution in [0, 0.1) is 0 Å². The van der Waals surface area contributed by atoms with Crippen LogP contribution in [0.15, 0.2) is 0 Å². The summed E-state index contributed by atoms with van der Waals surface area (Å²) < 4.78 is 0. The van der Waals surface area contributed by atoms with E-state index in [0.29, 0.717) is 6.42 Å². The smallest absolute Gasteiger partial charge is 0.305 e. The largest absolute Gasteiger partial charge is 0.481 e. The van der Waals surface area contributed by atoms with Crippen LogP contribution in [0.2, 0.25) is 0 Å². The summed E-state index contributed by atoms with van der Waals surface area (Å²) in [6, 6.07) is 0. The summed E-state index contributed by atoms with van der Waals surface area (Å²) in [6.45, 7) is 0. The van der Waals surface area contributed by atoms with Gasteiger partial charge in [0.25, 0.3) is 0 Å². The van der Waals surface area contributed by atoms with Crippen molar-refractivity contribution in [2.24, 2.45) is 0 Å². The zero-order chi connectivity index (χ0) is 7.78. The van der Waals surface area contributed by atoms with Crippen molar-refractivity contribution in [1.29, 1.82) is 0 Å². The molecule has 1 aliphatic carbocycles. The summed E-state index contributed by atoms with van der Waals surface area (Å²) >= 11 is 0. The van der Waals surface area contributed by atoms with Gasteiger partial charge >= 0.3 is 5.97 Å². The van der Waals surface area contributed by atoms with E-state index in [1.165, 1.54) is 0 Å². The molecule has 0 radical (unpaired) electrons. The zero-order valence-corrected chi connectivity index (χ0v) is 6.42. The molecule has 0 aromatic carbocycles. The lowest BCUT2D eigenvalue weighted by Gasteiger charge is -2.20. The number of carbonyl (C=O) groups is 1. The van der Waals surface area contributed by atoms with Crippen molar-refractivity contribution in [3.63, 3.8) is 0 Å². The van der Waals surface area contributed by atoms with Crippen molar-refractivity contribution >= 4 is 5.97 Å². The minimum Gasteiger partial charge on any atom is -0.481 e. The summed E-state index contributed by atoms with van der Waals surface area (Å²) in [6.07, 6.45) is 2.36. The quantitative estimate of drug-likeness (QED) is 0.627. The maximum Gasteiger partial charge on any atom is 0.305 e. The molecule has 0 unspecified atom stereocenters. The van der Waals surface area contributed by atoms with E-state index < -0.39 is 5.97 Å². The highest BCUT2D eigenvalue weighted by molar-refractivity contribution is 5.69. The molecule has 1 fully saturated rings. The fourth-order valence-corrected chi connectivity index (χ4v) is 1.21. The monoisotopic (exact) mass is 143 g/mol. The topological polar surface area (TPSA) is 40.5 Å². The van der Waals surface area contributed by atoms with Crippen LogP contribution in [0.1, 0.15) is 19.3 Å². The number of hydrogen-bond donors (Lipinski definition) is 1. The van der Waals surface area contributed by atoms with Gasteiger partial charge in [-0.15, -0.1) is 0 Å². The van der Waals surface area contributed by atoms with Gasteiger partial charge in [-0.3, -0.25) is 4.79 Å². The second-order valence-electron chi connectivity index (χ2n) is 3.19. The Labute approximate surface area is 60.6 Å². The SMILES string of the molecule is CN(C)C1(CC(=O)O)CC1. The fourth-order valence-electron chi connectivity index (χ4n) is 1.21. The molecule has 0 heterocycles.